The molecular weight excluding hydrogens is 415 g/mol. The van der Waals surface area contributed by atoms with Gasteiger partial charge < -0.3 is 11.5 Å². The number of aromatic nitrogens is 2. The molecule has 1 aliphatic rings. The van der Waals surface area contributed by atoms with Gasteiger partial charge in [0.05, 0.1) is 17.4 Å². The van der Waals surface area contributed by atoms with Crippen molar-refractivity contribution in [1.82, 2.24) is 9.97 Å². The van der Waals surface area contributed by atoms with E-state index in [4.69, 9.17) is 11.5 Å². The van der Waals surface area contributed by atoms with Crippen molar-refractivity contribution in [2.75, 3.05) is 0 Å². The molecule has 0 amide bonds. The van der Waals surface area contributed by atoms with Gasteiger partial charge in [-0.1, -0.05) is 13.0 Å². The zero-order valence-corrected chi connectivity index (χ0v) is 17.6. The van der Waals surface area contributed by atoms with Crippen LogP contribution in [0.25, 0.3) is 11.3 Å². The van der Waals surface area contributed by atoms with Crippen LogP contribution in [0.1, 0.15) is 43.4 Å². The molecule has 32 heavy (non-hydrogen) atoms. The number of pyridine rings is 2. The molecule has 1 fully saturated rings. The third-order valence-corrected chi connectivity index (χ3v) is 5.80. The van der Waals surface area contributed by atoms with E-state index < -0.39 is 28.7 Å². The van der Waals surface area contributed by atoms with Crippen LogP contribution in [0.3, 0.4) is 0 Å². The van der Waals surface area contributed by atoms with Gasteiger partial charge in [-0.2, -0.15) is 0 Å². The van der Waals surface area contributed by atoms with Gasteiger partial charge in [-0.05, 0) is 67.0 Å². The monoisotopic (exact) mass is 439 g/mol. The Bertz CT molecular complexity index is 1130. The number of nitrogens with zero attached hydrogens (tertiary/aromatic N) is 3. The van der Waals surface area contributed by atoms with Gasteiger partial charge in [-0.25, -0.2) is 23.1 Å². The number of rotatable bonds is 4. The standard InChI is InChI=1S/C24H24F3N5/c1-13-9-14(11-15(28)10-13)16-7-8-30-12-21(16)32-24(29)20-6-5-19(27)23(31-20)22-17(25)3-2-4-18(22)26/h2-8,12-15H,9-11,28H2,1H3,(H2,29,32)/t13-,14+,15-/m0/s1. The first-order valence-electron chi connectivity index (χ1n) is 10.5. The fraction of sp³-hybridized carbons (Fsp3) is 0.292. The highest BCUT2D eigenvalue weighted by atomic mass is 19.1. The minimum atomic E-state index is -0.915. The van der Waals surface area contributed by atoms with Crippen molar-refractivity contribution in [3.63, 3.8) is 0 Å². The second-order valence-electron chi connectivity index (χ2n) is 8.32. The quantitative estimate of drug-likeness (QED) is 0.450. The lowest BCUT2D eigenvalue weighted by Crippen LogP contribution is -2.31. The zero-order chi connectivity index (χ0) is 22.8. The molecule has 0 bridgehead atoms. The van der Waals surface area contributed by atoms with Crippen LogP contribution in [-0.4, -0.2) is 21.8 Å². The van der Waals surface area contributed by atoms with Crippen molar-refractivity contribution in [2.24, 2.45) is 22.4 Å². The van der Waals surface area contributed by atoms with Gasteiger partial charge in [-0.15, -0.1) is 0 Å². The number of aliphatic imine (C=N–C) groups is 1. The number of nitrogens with two attached hydrogens (primary N) is 2. The van der Waals surface area contributed by atoms with E-state index in [9.17, 15) is 13.2 Å². The SMILES string of the molecule is C[C@@H]1C[C@H](N)C[C@H](c2ccncc2N=C(N)c2ccc(F)c(-c3c(F)cccc3F)n2)C1. The van der Waals surface area contributed by atoms with E-state index in [1.807, 2.05) is 6.07 Å². The van der Waals surface area contributed by atoms with E-state index >= 15 is 0 Å². The van der Waals surface area contributed by atoms with E-state index in [0.29, 0.717) is 11.6 Å². The smallest absolute Gasteiger partial charge is 0.150 e. The Labute approximate surface area is 184 Å². The summed E-state index contributed by atoms with van der Waals surface area (Å²) in [5.74, 6) is -2.00. The number of halogens is 3. The topological polar surface area (TPSA) is 90.2 Å². The average Bonchev–Trinajstić information content (AvgIpc) is 2.74. The second-order valence-corrected chi connectivity index (χ2v) is 8.32. The Morgan fingerprint density at radius 2 is 1.75 bits per heavy atom. The van der Waals surface area contributed by atoms with Crippen molar-refractivity contribution >= 4 is 11.5 Å². The summed E-state index contributed by atoms with van der Waals surface area (Å²) >= 11 is 0. The lowest BCUT2D eigenvalue weighted by Gasteiger charge is -2.32. The highest BCUT2D eigenvalue weighted by molar-refractivity contribution is 5.98. The maximum atomic E-state index is 14.4. The predicted octanol–water partition coefficient (Wildman–Crippen LogP) is 4.83. The Hall–Kier alpha value is -3.26. The van der Waals surface area contributed by atoms with Crippen molar-refractivity contribution in [2.45, 2.75) is 38.1 Å². The fourth-order valence-electron chi connectivity index (χ4n) is 4.42. The number of benzene rings is 1. The molecule has 166 valence electrons. The van der Waals surface area contributed by atoms with E-state index in [-0.39, 0.29) is 23.5 Å². The molecule has 0 unspecified atom stereocenters. The summed E-state index contributed by atoms with van der Waals surface area (Å²) in [6.07, 6.45) is 6.10. The summed E-state index contributed by atoms with van der Waals surface area (Å²) in [5, 5.41) is 0. The van der Waals surface area contributed by atoms with Crippen LogP contribution in [0.2, 0.25) is 0 Å². The van der Waals surface area contributed by atoms with Gasteiger partial charge in [0.2, 0.25) is 0 Å². The fourth-order valence-corrected chi connectivity index (χ4v) is 4.42. The van der Waals surface area contributed by atoms with Gasteiger partial charge >= 0.3 is 0 Å². The van der Waals surface area contributed by atoms with Crippen LogP contribution in [0, 0.1) is 23.4 Å². The van der Waals surface area contributed by atoms with Crippen LogP contribution >= 0.6 is 0 Å². The van der Waals surface area contributed by atoms with Gasteiger partial charge in [0, 0.05) is 12.2 Å². The van der Waals surface area contributed by atoms with Crippen LogP contribution in [0.5, 0.6) is 0 Å². The van der Waals surface area contributed by atoms with Crippen molar-refractivity contribution in [3.05, 3.63) is 77.5 Å². The molecule has 0 aliphatic heterocycles. The predicted molar refractivity (Wildman–Crippen MR) is 118 cm³/mol. The Morgan fingerprint density at radius 1 is 1.00 bits per heavy atom. The first kappa shape index (κ1) is 22.0. The first-order chi connectivity index (χ1) is 15.3. The summed E-state index contributed by atoms with van der Waals surface area (Å²) < 4.78 is 42.8. The molecule has 1 aliphatic carbocycles. The molecule has 2 aromatic heterocycles. The molecule has 1 aromatic carbocycles. The van der Waals surface area contributed by atoms with Crippen molar-refractivity contribution in [1.29, 1.82) is 0 Å². The van der Waals surface area contributed by atoms with E-state index in [0.717, 1.165) is 43.0 Å². The molecule has 3 atom stereocenters. The maximum absolute atomic E-state index is 14.4. The van der Waals surface area contributed by atoms with E-state index in [2.05, 4.69) is 21.9 Å². The molecule has 5 nitrogen and oxygen atoms in total. The van der Waals surface area contributed by atoms with Gasteiger partial charge in [-0.3, -0.25) is 4.98 Å². The van der Waals surface area contributed by atoms with Gasteiger partial charge in [0.25, 0.3) is 0 Å². The Morgan fingerprint density at radius 3 is 2.47 bits per heavy atom. The summed E-state index contributed by atoms with van der Waals surface area (Å²) in [6, 6.07) is 7.70. The normalized spacial score (nSPS) is 21.5. The van der Waals surface area contributed by atoms with E-state index in [1.165, 1.54) is 12.1 Å². The summed E-state index contributed by atoms with van der Waals surface area (Å²) in [6.45, 7) is 2.18. The summed E-state index contributed by atoms with van der Waals surface area (Å²) in [7, 11) is 0. The minimum absolute atomic E-state index is 0.00889. The molecule has 1 saturated carbocycles. The molecule has 0 saturated heterocycles. The molecule has 0 spiro atoms. The van der Waals surface area contributed by atoms with Crippen LogP contribution < -0.4 is 11.5 Å². The van der Waals surface area contributed by atoms with Crippen molar-refractivity contribution < 1.29 is 13.2 Å². The summed E-state index contributed by atoms with van der Waals surface area (Å²) in [4.78, 5) is 12.7. The highest BCUT2D eigenvalue weighted by Crippen LogP contribution is 2.39. The zero-order valence-electron chi connectivity index (χ0n) is 17.6. The second kappa shape index (κ2) is 9.08. The lowest BCUT2D eigenvalue weighted by molar-refractivity contribution is 0.308. The first-order valence-corrected chi connectivity index (χ1v) is 10.5. The lowest BCUT2D eigenvalue weighted by atomic mass is 9.76. The highest BCUT2D eigenvalue weighted by Gasteiger charge is 2.27. The molecule has 2 heterocycles. The molecule has 4 N–H and O–H groups in total. The van der Waals surface area contributed by atoms with Crippen LogP contribution in [0.4, 0.5) is 18.9 Å². The molecule has 4 rings (SSSR count). The molecule has 8 heteroatoms. The Balaban J connectivity index is 1.72. The van der Waals surface area contributed by atoms with Crippen molar-refractivity contribution in [3.8, 4) is 11.3 Å². The van der Waals surface area contributed by atoms with Gasteiger partial charge in [0.15, 0.2) is 0 Å². The molecule has 0 radical (unpaired) electrons. The third kappa shape index (κ3) is 4.50. The Kier molecular flexibility index (Phi) is 6.23. The maximum Gasteiger partial charge on any atom is 0.150 e. The third-order valence-electron chi connectivity index (χ3n) is 5.80. The van der Waals surface area contributed by atoms with E-state index in [1.54, 1.807) is 12.4 Å². The van der Waals surface area contributed by atoms with Crippen LogP contribution in [-0.2, 0) is 0 Å². The van der Waals surface area contributed by atoms with Gasteiger partial charge in [0.1, 0.15) is 34.7 Å². The summed E-state index contributed by atoms with van der Waals surface area (Å²) in [5.41, 5.74) is 13.0. The number of amidine groups is 1. The van der Waals surface area contributed by atoms with Crippen LogP contribution in [0.15, 0.2) is 53.8 Å². The average molecular weight is 439 g/mol. The minimum Gasteiger partial charge on any atom is -0.382 e. The number of hydrogen-bond acceptors (Lipinski definition) is 4. The largest absolute Gasteiger partial charge is 0.382 e. The molecular formula is C24H24F3N5. The molecule has 3 aromatic rings. The number of hydrogen-bond donors (Lipinski definition) is 2.